The number of carbonyl (C=O) groups excluding carboxylic acids is 1. The molecular weight excluding hydrogens is 604 g/mol. The van der Waals surface area contributed by atoms with Crippen molar-refractivity contribution in [3.8, 4) is 17.0 Å². The maximum absolute atomic E-state index is 13.6. The van der Waals surface area contributed by atoms with E-state index >= 15 is 0 Å². The lowest BCUT2D eigenvalue weighted by Gasteiger charge is -2.58. The molecule has 0 saturated heterocycles. The van der Waals surface area contributed by atoms with Crippen LogP contribution in [0.25, 0.3) is 11.3 Å². The van der Waals surface area contributed by atoms with Crippen LogP contribution in [0, 0.1) is 46.3 Å². The number of nitrogens with zero attached hydrogens (tertiary/aromatic N) is 2. The lowest BCUT2D eigenvalue weighted by atomic mass is 9.47. The lowest BCUT2D eigenvalue weighted by Crippen LogP contribution is -2.51. The molecule has 1 aliphatic heterocycles. The van der Waals surface area contributed by atoms with E-state index in [9.17, 15) is 4.79 Å². The van der Waals surface area contributed by atoms with Gasteiger partial charge in [0.05, 0.1) is 13.7 Å². The van der Waals surface area contributed by atoms with Crippen molar-refractivity contribution in [1.82, 2.24) is 4.57 Å². The zero-order chi connectivity index (χ0) is 34.3. The highest BCUT2D eigenvalue weighted by Crippen LogP contribution is 2.67. The monoisotopic (exact) mass is 669 g/mol. The van der Waals surface area contributed by atoms with Crippen LogP contribution in [0.5, 0.6) is 5.75 Å². The molecule has 1 aromatic carbocycles. The van der Waals surface area contributed by atoms with Gasteiger partial charge in [0.1, 0.15) is 18.1 Å². The second kappa shape index (κ2) is 14.2. The summed E-state index contributed by atoms with van der Waals surface area (Å²) < 4.78 is 16.4. The minimum absolute atomic E-state index is 0.00246. The van der Waals surface area contributed by atoms with Gasteiger partial charge < -0.3 is 9.47 Å². The number of fused-ring (bicyclic) bond motifs is 6. The highest BCUT2D eigenvalue weighted by atomic mass is 16.5. The first-order chi connectivity index (χ1) is 23.6. The van der Waals surface area contributed by atoms with Crippen molar-refractivity contribution >= 4 is 5.97 Å². The van der Waals surface area contributed by atoms with Crippen LogP contribution in [0.2, 0.25) is 0 Å². The summed E-state index contributed by atoms with van der Waals surface area (Å²) in [6, 6.07) is 8.31. The predicted molar refractivity (Wildman–Crippen MR) is 197 cm³/mol. The summed E-state index contributed by atoms with van der Waals surface area (Å²) in [6.07, 6.45) is 23.6. The molecule has 2 aromatic rings. The van der Waals surface area contributed by atoms with Gasteiger partial charge in [0.25, 0.3) is 5.82 Å². The molecule has 3 fully saturated rings. The fourth-order valence-corrected chi connectivity index (χ4v) is 12.1. The van der Waals surface area contributed by atoms with Crippen LogP contribution in [0.1, 0.15) is 130 Å². The summed E-state index contributed by atoms with van der Waals surface area (Å²) in [4.78, 5) is 13.6. The van der Waals surface area contributed by atoms with Crippen LogP contribution >= 0.6 is 0 Å². The Morgan fingerprint density at radius 1 is 0.980 bits per heavy atom. The van der Waals surface area contributed by atoms with Crippen LogP contribution in [0.4, 0.5) is 0 Å². The number of allylic oxidation sites excluding steroid dienone is 1. The molecule has 4 aliphatic carbocycles. The number of benzene rings is 1. The van der Waals surface area contributed by atoms with Crippen LogP contribution < -0.4 is 9.30 Å². The zero-order valence-corrected chi connectivity index (χ0v) is 31.6. The summed E-state index contributed by atoms with van der Waals surface area (Å²) in [5.74, 6) is 7.12. The average molecular weight is 670 g/mol. The highest BCUT2D eigenvalue weighted by Gasteiger charge is 2.59. The maximum atomic E-state index is 13.6. The van der Waals surface area contributed by atoms with Crippen molar-refractivity contribution in [1.29, 1.82) is 0 Å². The SMILES string of the molecule is COc1ccc(-c2c[n+](CC(=O)O[C@H]3CC[C@@]4(C)C(=CC[C@@H]5[C@H]6CC[C@@H]([C@H](C)CCCC(C)C)[C@]6(C)CC[C@H]54)C3)c3n2CCCCC3)cc1. The number of hydrogen-bond acceptors (Lipinski definition) is 3. The number of aromatic nitrogens is 2. The molecule has 8 atom stereocenters. The third-order valence-corrected chi connectivity index (χ3v) is 14.7. The average Bonchev–Trinajstić information content (AvgIpc) is 3.50. The Morgan fingerprint density at radius 3 is 2.57 bits per heavy atom. The van der Waals surface area contributed by atoms with Crippen molar-refractivity contribution in [2.75, 3.05) is 7.11 Å². The number of esters is 1. The number of carbonyl (C=O) groups is 1. The van der Waals surface area contributed by atoms with Gasteiger partial charge in [-0.2, -0.15) is 0 Å². The van der Waals surface area contributed by atoms with Crippen LogP contribution in [0.15, 0.2) is 42.1 Å². The summed E-state index contributed by atoms with van der Waals surface area (Å²) in [7, 11) is 1.71. The lowest BCUT2D eigenvalue weighted by molar-refractivity contribution is -0.692. The molecule has 49 heavy (non-hydrogen) atoms. The van der Waals surface area contributed by atoms with Crippen molar-refractivity contribution in [3.05, 3.63) is 47.9 Å². The van der Waals surface area contributed by atoms with Crippen molar-refractivity contribution in [3.63, 3.8) is 0 Å². The number of methoxy groups -OCH3 is 1. The van der Waals surface area contributed by atoms with Gasteiger partial charge in [0, 0.05) is 18.4 Å². The second-order valence-electron chi connectivity index (χ2n) is 17.9. The molecule has 0 unspecified atom stereocenters. The Balaban J connectivity index is 1.00. The molecule has 1 aromatic heterocycles. The predicted octanol–water partition coefficient (Wildman–Crippen LogP) is 10.1. The third-order valence-electron chi connectivity index (χ3n) is 14.7. The zero-order valence-electron chi connectivity index (χ0n) is 31.6. The van der Waals surface area contributed by atoms with Gasteiger partial charge in [-0.3, -0.25) is 0 Å². The molecule has 0 amide bonds. The van der Waals surface area contributed by atoms with Gasteiger partial charge in [-0.25, -0.2) is 13.9 Å². The van der Waals surface area contributed by atoms with Crippen molar-refractivity contribution < 1.29 is 18.8 Å². The van der Waals surface area contributed by atoms with E-state index in [1.807, 2.05) is 12.1 Å². The Hall–Kier alpha value is -2.56. The molecule has 5 aliphatic rings. The van der Waals surface area contributed by atoms with Crippen LogP contribution in [-0.4, -0.2) is 23.8 Å². The van der Waals surface area contributed by atoms with Gasteiger partial charge in [-0.1, -0.05) is 65.5 Å². The Morgan fingerprint density at radius 2 is 1.80 bits per heavy atom. The highest BCUT2D eigenvalue weighted by molar-refractivity contribution is 5.68. The van der Waals surface area contributed by atoms with E-state index in [2.05, 4.69) is 68.2 Å². The topological polar surface area (TPSA) is 44.3 Å². The fourth-order valence-electron chi connectivity index (χ4n) is 12.1. The van der Waals surface area contributed by atoms with E-state index < -0.39 is 0 Å². The van der Waals surface area contributed by atoms with Crippen molar-refractivity contribution in [2.45, 2.75) is 150 Å². The van der Waals surface area contributed by atoms with Crippen LogP contribution in [0.3, 0.4) is 0 Å². The molecule has 5 heteroatoms. The minimum Gasteiger partial charge on any atom is -0.497 e. The first kappa shape index (κ1) is 34.9. The van der Waals surface area contributed by atoms with E-state index in [-0.39, 0.29) is 17.5 Å². The first-order valence-electron chi connectivity index (χ1n) is 20.3. The van der Waals surface area contributed by atoms with Crippen molar-refractivity contribution in [2.24, 2.45) is 46.3 Å². The molecule has 2 heterocycles. The molecule has 5 nitrogen and oxygen atoms in total. The largest absolute Gasteiger partial charge is 0.497 e. The Bertz CT molecular complexity index is 1500. The number of ether oxygens (including phenoxy) is 2. The van der Waals surface area contributed by atoms with E-state index in [4.69, 9.17) is 9.47 Å². The standard InChI is InChI=1S/C44H65N2O3/c1-30(2)11-10-12-31(3)37-20-21-38-36-19-16-33-27-35(22-24-43(33,4)39(36)23-25-44(37,38)5)49-42(47)29-45-28-40(32-14-17-34(48-6)18-15-32)46-26-9-7-8-13-41(45)46/h14-18,28,30-31,35-39H,7-13,19-27,29H2,1-6H3/q+1/t31-,35+,36-,37+,38-,39-,43+,44+/m1/s1. The molecule has 0 N–H and O–H groups in total. The van der Waals surface area contributed by atoms with Gasteiger partial charge >= 0.3 is 5.97 Å². The summed E-state index contributed by atoms with van der Waals surface area (Å²) >= 11 is 0. The molecular formula is C44H65N2O3+. The molecule has 0 radical (unpaired) electrons. The van der Waals surface area contributed by atoms with E-state index in [1.54, 1.807) is 12.7 Å². The minimum atomic E-state index is -0.0836. The molecule has 268 valence electrons. The van der Waals surface area contributed by atoms with Gasteiger partial charge in [0.2, 0.25) is 0 Å². The Labute approximate surface area is 297 Å². The third kappa shape index (κ3) is 6.66. The summed E-state index contributed by atoms with van der Waals surface area (Å²) in [6.45, 7) is 13.9. The second-order valence-corrected chi connectivity index (χ2v) is 17.9. The normalized spacial score (nSPS) is 33.0. The number of imidazole rings is 1. The Kier molecular flexibility index (Phi) is 10.1. The van der Waals surface area contributed by atoms with E-state index in [0.29, 0.717) is 12.0 Å². The van der Waals surface area contributed by atoms with E-state index in [1.165, 1.54) is 75.7 Å². The smallest absolute Gasteiger partial charge is 0.348 e. The molecule has 7 rings (SSSR count). The maximum Gasteiger partial charge on any atom is 0.348 e. The molecule has 3 saturated carbocycles. The van der Waals surface area contributed by atoms with Gasteiger partial charge in [0.15, 0.2) is 12.2 Å². The summed E-state index contributed by atoms with van der Waals surface area (Å²) in [5.41, 5.74) is 4.74. The molecule has 0 bridgehead atoms. The number of rotatable bonds is 10. The quantitative estimate of drug-likeness (QED) is 0.144. The summed E-state index contributed by atoms with van der Waals surface area (Å²) in [5, 5.41) is 0. The van der Waals surface area contributed by atoms with E-state index in [0.717, 1.165) is 85.5 Å². The number of hydrogen-bond donors (Lipinski definition) is 0. The fraction of sp³-hybridized carbons (Fsp3) is 0.727. The van der Waals surface area contributed by atoms with Gasteiger partial charge in [-0.05, 0) is 135 Å². The van der Waals surface area contributed by atoms with Crippen LogP contribution in [-0.2, 0) is 29.0 Å². The first-order valence-corrected chi connectivity index (χ1v) is 20.3. The molecule has 0 spiro atoms. The van der Waals surface area contributed by atoms with Gasteiger partial charge in [-0.15, -0.1) is 0 Å².